The number of carbonyl (C=O) groups is 1. The van der Waals surface area contributed by atoms with E-state index in [0.717, 1.165) is 0 Å². The molecule has 1 saturated heterocycles. The quantitative estimate of drug-likeness (QED) is 0.428. The lowest BCUT2D eigenvalue weighted by Gasteiger charge is -2.09. The van der Waals surface area contributed by atoms with Gasteiger partial charge in [0.05, 0.1) is 6.54 Å². The molecule has 1 heterocycles. The maximum atomic E-state index is 9.24. The smallest absolute Gasteiger partial charge is 0.317 e. The molecule has 1 aliphatic heterocycles. The van der Waals surface area contributed by atoms with E-state index in [9.17, 15) is 4.79 Å². The van der Waals surface area contributed by atoms with Gasteiger partial charge in [-0.05, 0) is 19.5 Å². The summed E-state index contributed by atoms with van der Waals surface area (Å²) in [6.07, 6.45) is 1.39. The highest BCUT2D eigenvalue weighted by Crippen LogP contribution is 1.80. The Hall–Kier alpha value is -0.610. The van der Waals surface area contributed by atoms with Crippen molar-refractivity contribution in [2.45, 2.75) is 6.42 Å². The summed E-state index contributed by atoms with van der Waals surface area (Å²) in [5.74, 6) is -0.968. The zero-order chi connectivity index (χ0) is 7.11. The third-order valence-electron chi connectivity index (χ3n) is 0.882. The topological polar surface area (TPSA) is 75.3 Å². The Bertz CT molecular complexity index is 77.0. The summed E-state index contributed by atoms with van der Waals surface area (Å²) in [6.45, 7) is 2.22. The Morgan fingerprint density at radius 2 is 1.89 bits per heavy atom. The number of nitrogens with two attached hydrogens (primary N) is 1. The van der Waals surface area contributed by atoms with Gasteiger partial charge in [0.2, 0.25) is 0 Å². The Kier molecular flexibility index (Phi) is 5.15. The number of hydrogen-bond acceptors (Lipinski definition) is 3. The highest BCUT2D eigenvalue weighted by molar-refractivity contribution is 5.68. The number of rotatable bonds is 1. The summed E-state index contributed by atoms with van der Waals surface area (Å²) < 4.78 is 0. The molecule has 0 aliphatic carbocycles. The van der Waals surface area contributed by atoms with Crippen molar-refractivity contribution in [3.8, 4) is 0 Å². The fourth-order valence-corrected chi connectivity index (χ4v) is 0.177. The minimum Gasteiger partial charge on any atom is -0.480 e. The highest BCUT2D eigenvalue weighted by Gasteiger charge is 1.92. The first-order valence-corrected chi connectivity index (χ1v) is 2.90. The van der Waals surface area contributed by atoms with Gasteiger partial charge in [0.1, 0.15) is 0 Å². The van der Waals surface area contributed by atoms with Crippen molar-refractivity contribution in [1.29, 1.82) is 0 Å². The third-order valence-corrected chi connectivity index (χ3v) is 0.882. The molecule has 1 aliphatic rings. The predicted molar refractivity (Wildman–Crippen MR) is 34.2 cm³/mol. The minimum absolute atomic E-state index is 0.278. The van der Waals surface area contributed by atoms with Crippen LogP contribution in [-0.4, -0.2) is 30.7 Å². The molecule has 0 saturated carbocycles. The van der Waals surface area contributed by atoms with Crippen LogP contribution in [0.2, 0.25) is 0 Å². The molecule has 1 fully saturated rings. The largest absolute Gasteiger partial charge is 0.480 e. The maximum absolute atomic E-state index is 9.24. The number of nitrogens with one attached hydrogen (secondary N) is 1. The van der Waals surface area contributed by atoms with Gasteiger partial charge < -0.3 is 16.2 Å². The SMILES string of the molecule is C1CNC1.NCC(=O)O. The zero-order valence-corrected chi connectivity index (χ0v) is 5.26. The fourth-order valence-electron chi connectivity index (χ4n) is 0.177. The lowest BCUT2D eigenvalue weighted by Crippen LogP contribution is -2.29. The van der Waals surface area contributed by atoms with E-state index in [1.807, 2.05) is 0 Å². The summed E-state index contributed by atoms with van der Waals surface area (Å²) in [6, 6.07) is 0. The monoisotopic (exact) mass is 132 g/mol. The van der Waals surface area contributed by atoms with E-state index in [0.29, 0.717) is 0 Å². The van der Waals surface area contributed by atoms with Crippen LogP contribution in [0, 0.1) is 0 Å². The molecule has 0 atom stereocenters. The molecule has 4 heteroatoms. The lowest BCUT2D eigenvalue weighted by molar-refractivity contribution is -0.135. The van der Waals surface area contributed by atoms with Crippen molar-refractivity contribution in [1.82, 2.24) is 5.32 Å². The molecule has 0 bridgehead atoms. The average Bonchev–Trinajstić information content (AvgIpc) is 1.61. The first-order chi connectivity index (χ1) is 4.27. The molecule has 0 aromatic rings. The van der Waals surface area contributed by atoms with E-state index in [4.69, 9.17) is 5.11 Å². The minimum atomic E-state index is -0.968. The van der Waals surface area contributed by atoms with E-state index < -0.39 is 5.97 Å². The molecule has 4 N–H and O–H groups in total. The molecular formula is C5H12N2O2. The molecule has 1 rings (SSSR count). The molecule has 54 valence electrons. The van der Waals surface area contributed by atoms with Crippen molar-refractivity contribution < 1.29 is 9.90 Å². The van der Waals surface area contributed by atoms with Gasteiger partial charge in [-0.3, -0.25) is 4.79 Å². The van der Waals surface area contributed by atoms with Crippen LogP contribution in [0.5, 0.6) is 0 Å². The second-order valence-electron chi connectivity index (χ2n) is 1.70. The van der Waals surface area contributed by atoms with E-state index in [1.54, 1.807) is 0 Å². The van der Waals surface area contributed by atoms with Gasteiger partial charge in [0, 0.05) is 0 Å². The second-order valence-corrected chi connectivity index (χ2v) is 1.70. The van der Waals surface area contributed by atoms with Crippen LogP contribution >= 0.6 is 0 Å². The van der Waals surface area contributed by atoms with Crippen LogP contribution in [0.25, 0.3) is 0 Å². The molecular weight excluding hydrogens is 120 g/mol. The summed E-state index contributed by atoms with van der Waals surface area (Å²) in [5.41, 5.74) is 4.57. The van der Waals surface area contributed by atoms with Crippen molar-refractivity contribution >= 4 is 5.97 Å². The van der Waals surface area contributed by atoms with E-state index in [2.05, 4.69) is 11.1 Å². The van der Waals surface area contributed by atoms with Crippen LogP contribution < -0.4 is 11.1 Å². The van der Waals surface area contributed by atoms with Gasteiger partial charge in [0.15, 0.2) is 0 Å². The van der Waals surface area contributed by atoms with Gasteiger partial charge in [-0.1, -0.05) is 0 Å². The van der Waals surface area contributed by atoms with Crippen LogP contribution in [0.15, 0.2) is 0 Å². The first-order valence-electron chi connectivity index (χ1n) is 2.90. The molecule has 0 aromatic carbocycles. The predicted octanol–water partition coefficient (Wildman–Crippen LogP) is -0.991. The first kappa shape index (κ1) is 8.39. The number of carboxylic acid groups (broad SMARTS) is 1. The molecule has 0 unspecified atom stereocenters. The van der Waals surface area contributed by atoms with Crippen molar-refractivity contribution in [3.63, 3.8) is 0 Å². The van der Waals surface area contributed by atoms with Crippen molar-refractivity contribution in [3.05, 3.63) is 0 Å². The second kappa shape index (κ2) is 5.53. The third kappa shape index (κ3) is 7.39. The molecule has 9 heavy (non-hydrogen) atoms. The highest BCUT2D eigenvalue weighted by atomic mass is 16.4. The van der Waals surface area contributed by atoms with Crippen LogP contribution in [-0.2, 0) is 4.79 Å². The van der Waals surface area contributed by atoms with Crippen LogP contribution in [0.1, 0.15) is 6.42 Å². The van der Waals surface area contributed by atoms with Gasteiger partial charge in [0.25, 0.3) is 0 Å². The number of hydrogen-bond donors (Lipinski definition) is 3. The average molecular weight is 132 g/mol. The van der Waals surface area contributed by atoms with Gasteiger partial charge >= 0.3 is 5.97 Å². The summed E-state index contributed by atoms with van der Waals surface area (Å²) in [4.78, 5) is 9.24. The summed E-state index contributed by atoms with van der Waals surface area (Å²) in [7, 11) is 0. The maximum Gasteiger partial charge on any atom is 0.317 e. The zero-order valence-electron chi connectivity index (χ0n) is 5.26. The van der Waals surface area contributed by atoms with E-state index >= 15 is 0 Å². The van der Waals surface area contributed by atoms with E-state index in [-0.39, 0.29) is 6.54 Å². The van der Waals surface area contributed by atoms with Crippen LogP contribution in [0.3, 0.4) is 0 Å². The molecule has 0 spiro atoms. The fraction of sp³-hybridized carbons (Fsp3) is 0.800. The Morgan fingerprint density at radius 3 is 1.89 bits per heavy atom. The van der Waals surface area contributed by atoms with Gasteiger partial charge in [-0.15, -0.1) is 0 Å². The summed E-state index contributed by atoms with van der Waals surface area (Å²) in [5, 5.41) is 10.7. The lowest BCUT2D eigenvalue weighted by atomic mass is 10.3. The molecule has 0 radical (unpaired) electrons. The molecule has 4 nitrogen and oxygen atoms in total. The Labute approximate surface area is 54.0 Å². The molecule has 0 amide bonds. The van der Waals surface area contributed by atoms with Crippen LogP contribution in [0.4, 0.5) is 0 Å². The summed E-state index contributed by atoms with van der Waals surface area (Å²) >= 11 is 0. The number of aliphatic carboxylic acids is 1. The normalized spacial score (nSPS) is 14.8. The van der Waals surface area contributed by atoms with Crippen molar-refractivity contribution in [2.75, 3.05) is 19.6 Å². The van der Waals surface area contributed by atoms with Gasteiger partial charge in [-0.2, -0.15) is 0 Å². The van der Waals surface area contributed by atoms with Gasteiger partial charge in [-0.25, -0.2) is 0 Å². The molecule has 0 aromatic heterocycles. The standard InChI is InChI=1S/C3H7N.C2H5NO2/c1-2-4-3-1;3-1-2(4)5/h4H,1-3H2;1,3H2,(H,4,5). The Balaban J connectivity index is 0.000000144. The van der Waals surface area contributed by atoms with Crippen molar-refractivity contribution in [2.24, 2.45) is 5.73 Å². The number of carboxylic acids is 1. The van der Waals surface area contributed by atoms with E-state index in [1.165, 1.54) is 19.5 Å². The Morgan fingerprint density at radius 1 is 1.67 bits per heavy atom.